The molecule has 0 amide bonds. The zero-order valence-electron chi connectivity index (χ0n) is 27.9. The molecule has 0 spiro atoms. The number of benzene rings is 5. The Bertz CT molecular complexity index is 2550. The van der Waals surface area contributed by atoms with Crippen molar-refractivity contribution >= 4 is 60.7 Å². The average Bonchev–Trinajstić information content (AvgIpc) is 3.71. The summed E-state index contributed by atoms with van der Waals surface area (Å²) in [6.45, 7) is 7.47. The van der Waals surface area contributed by atoms with E-state index in [4.69, 9.17) is 9.72 Å². The van der Waals surface area contributed by atoms with Crippen LogP contribution in [0, 0.1) is 0 Å². The second kappa shape index (κ2) is 10.4. The van der Waals surface area contributed by atoms with Gasteiger partial charge >= 0.3 is 0 Å². The predicted octanol–water partition coefficient (Wildman–Crippen LogP) is 10.5. The van der Waals surface area contributed by atoms with Crippen LogP contribution in [-0.4, -0.2) is 27.8 Å². The van der Waals surface area contributed by atoms with Crippen molar-refractivity contribution in [1.29, 1.82) is 0 Å². The maximum atomic E-state index is 6.65. The fourth-order valence-corrected chi connectivity index (χ4v) is 7.50. The third-order valence-corrected chi connectivity index (χ3v) is 9.91. The van der Waals surface area contributed by atoms with E-state index in [0.29, 0.717) is 0 Å². The van der Waals surface area contributed by atoms with Crippen molar-refractivity contribution in [3.8, 4) is 17.3 Å². The highest BCUT2D eigenvalue weighted by Gasteiger charge is 2.29. The number of hydrogen-bond acceptors (Lipinski definition) is 4. The summed E-state index contributed by atoms with van der Waals surface area (Å²) in [6, 6.07) is 40.9. The molecule has 1 aliphatic rings. The van der Waals surface area contributed by atoms with Crippen LogP contribution in [0.5, 0.6) is 11.5 Å². The van der Waals surface area contributed by atoms with Crippen molar-refractivity contribution in [3.63, 3.8) is 0 Å². The van der Waals surface area contributed by atoms with E-state index >= 15 is 0 Å². The Balaban J connectivity index is 1.13. The molecule has 0 N–H and O–H groups in total. The van der Waals surface area contributed by atoms with E-state index in [2.05, 4.69) is 163 Å². The van der Waals surface area contributed by atoms with Gasteiger partial charge in [0.05, 0.1) is 34.6 Å². The summed E-state index contributed by atoms with van der Waals surface area (Å²) >= 11 is 0. The van der Waals surface area contributed by atoms with Gasteiger partial charge in [-0.3, -0.25) is 4.57 Å². The monoisotopic (exact) mass is 627 g/mol. The Morgan fingerprint density at radius 2 is 1.35 bits per heavy atom. The molecular weight excluding hydrogens is 590 g/mol. The van der Waals surface area contributed by atoms with Crippen LogP contribution in [0.25, 0.3) is 49.4 Å². The molecule has 48 heavy (non-hydrogen) atoms. The van der Waals surface area contributed by atoms with Crippen molar-refractivity contribution in [3.05, 3.63) is 127 Å². The fourth-order valence-electron chi connectivity index (χ4n) is 7.50. The molecule has 0 saturated carbocycles. The van der Waals surface area contributed by atoms with Gasteiger partial charge in [-0.05, 0) is 71.6 Å². The Morgan fingerprint density at radius 1 is 0.646 bits per heavy atom. The number of nitrogens with zero attached hydrogens (tertiary/aromatic N) is 5. The van der Waals surface area contributed by atoms with Crippen LogP contribution in [0.4, 0.5) is 17.1 Å². The molecule has 3 aromatic heterocycles. The molecule has 6 heteroatoms. The van der Waals surface area contributed by atoms with E-state index in [-0.39, 0.29) is 5.41 Å². The van der Waals surface area contributed by atoms with Gasteiger partial charge in [-0.25, -0.2) is 4.98 Å². The molecule has 9 rings (SSSR count). The number of aryl methyl sites for hydroxylation is 1. The Kier molecular flexibility index (Phi) is 6.15. The van der Waals surface area contributed by atoms with Crippen LogP contribution in [0.1, 0.15) is 26.3 Å². The highest BCUT2D eigenvalue weighted by molar-refractivity contribution is 6.16. The average molecular weight is 628 g/mol. The number of fused-ring (bicyclic) bond motifs is 8. The molecular formula is C42H37N5O. The van der Waals surface area contributed by atoms with Crippen molar-refractivity contribution in [2.24, 2.45) is 7.05 Å². The number of ether oxygens (including phenoxy) is 1. The molecule has 1 aliphatic heterocycles. The van der Waals surface area contributed by atoms with Crippen molar-refractivity contribution in [2.75, 3.05) is 23.5 Å². The number of para-hydroxylation sites is 2. The Hall–Kier alpha value is -5.75. The standard InChI is InChI=1S/C42H37N5O/c1-42(2,3)27-21-22-43-39(23-27)47-36-16-9-7-13-31(36)33-18-17-30(25-38(33)47)48-29-12-10-11-28(24-29)46-26-44(4)37-20-19-34-32-14-6-8-15-35(32)45(5)40(34)41(37)46/h6-25H,26H2,1-5H3. The van der Waals surface area contributed by atoms with E-state index in [0.717, 1.165) is 40.7 Å². The lowest BCUT2D eigenvalue weighted by atomic mass is 9.88. The smallest absolute Gasteiger partial charge is 0.137 e. The third kappa shape index (κ3) is 4.29. The molecule has 8 aromatic rings. The minimum Gasteiger partial charge on any atom is -0.457 e. The van der Waals surface area contributed by atoms with Gasteiger partial charge in [0, 0.05) is 65.2 Å². The molecule has 236 valence electrons. The number of aromatic nitrogens is 3. The fraction of sp³-hybridized carbons (Fsp3) is 0.167. The SMILES string of the molecule is CN1CN(c2cccc(Oc3ccc4c5ccccc5n(-c5cc(C(C)(C)C)ccn5)c4c3)c2)c2c1ccc1c3ccccc3n(C)c21. The lowest BCUT2D eigenvalue weighted by Gasteiger charge is -2.21. The van der Waals surface area contributed by atoms with E-state index in [1.165, 1.54) is 49.5 Å². The van der Waals surface area contributed by atoms with E-state index in [9.17, 15) is 0 Å². The first kappa shape index (κ1) is 28.5. The number of anilines is 3. The minimum atomic E-state index is 0.0138. The number of pyridine rings is 1. The lowest BCUT2D eigenvalue weighted by molar-refractivity contribution is 0.483. The summed E-state index contributed by atoms with van der Waals surface area (Å²) in [7, 11) is 4.33. The Labute approximate surface area is 280 Å². The topological polar surface area (TPSA) is 38.5 Å². The zero-order valence-corrected chi connectivity index (χ0v) is 27.9. The third-order valence-electron chi connectivity index (χ3n) is 9.91. The molecule has 0 bridgehead atoms. The van der Waals surface area contributed by atoms with Gasteiger partial charge < -0.3 is 19.1 Å². The quantitative estimate of drug-likeness (QED) is 0.195. The van der Waals surface area contributed by atoms with Crippen LogP contribution in [-0.2, 0) is 12.5 Å². The van der Waals surface area contributed by atoms with Gasteiger partial charge in [-0.15, -0.1) is 0 Å². The van der Waals surface area contributed by atoms with E-state index in [1.807, 2.05) is 12.3 Å². The molecule has 0 radical (unpaired) electrons. The number of hydrogen-bond donors (Lipinski definition) is 0. The van der Waals surface area contributed by atoms with E-state index < -0.39 is 0 Å². The van der Waals surface area contributed by atoms with Gasteiger partial charge in [0.15, 0.2) is 0 Å². The summed E-state index contributed by atoms with van der Waals surface area (Å²) in [5.74, 6) is 2.48. The zero-order chi connectivity index (χ0) is 32.7. The predicted molar refractivity (Wildman–Crippen MR) is 200 cm³/mol. The first-order valence-electron chi connectivity index (χ1n) is 16.5. The van der Waals surface area contributed by atoms with Gasteiger partial charge in [0.25, 0.3) is 0 Å². The first-order chi connectivity index (χ1) is 23.3. The molecule has 0 fully saturated rings. The number of rotatable bonds is 4. The van der Waals surface area contributed by atoms with Crippen LogP contribution in [0.3, 0.4) is 0 Å². The molecule has 0 saturated heterocycles. The van der Waals surface area contributed by atoms with Crippen LogP contribution >= 0.6 is 0 Å². The summed E-state index contributed by atoms with van der Waals surface area (Å²) in [6.07, 6.45) is 1.92. The van der Waals surface area contributed by atoms with Crippen molar-refractivity contribution < 1.29 is 4.74 Å². The maximum Gasteiger partial charge on any atom is 0.137 e. The van der Waals surface area contributed by atoms with Crippen molar-refractivity contribution in [1.82, 2.24) is 14.1 Å². The van der Waals surface area contributed by atoms with Crippen LogP contribution in [0.2, 0.25) is 0 Å². The summed E-state index contributed by atoms with van der Waals surface area (Å²) < 4.78 is 11.2. The maximum absolute atomic E-state index is 6.65. The van der Waals surface area contributed by atoms with E-state index in [1.54, 1.807) is 0 Å². The van der Waals surface area contributed by atoms with Gasteiger partial charge in [0.1, 0.15) is 17.3 Å². The molecule has 5 aromatic carbocycles. The molecule has 0 unspecified atom stereocenters. The molecule has 0 atom stereocenters. The summed E-state index contributed by atoms with van der Waals surface area (Å²) in [5.41, 5.74) is 9.47. The second-order valence-corrected chi connectivity index (χ2v) is 14.0. The van der Waals surface area contributed by atoms with Crippen LogP contribution in [0.15, 0.2) is 121 Å². The van der Waals surface area contributed by atoms with Gasteiger partial charge in [-0.2, -0.15) is 0 Å². The van der Waals surface area contributed by atoms with Gasteiger partial charge in [0.2, 0.25) is 0 Å². The van der Waals surface area contributed by atoms with Gasteiger partial charge in [-0.1, -0.05) is 63.2 Å². The highest BCUT2D eigenvalue weighted by Crippen LogP contribution is 2.47. The minimum absolute atomic E-state index is 0.0138. The summed E-state index contributed by atoms with van der Waals surface area (Å²) in [5, 5.41) is 4.91. The van der Waals surface area contributed by atoms with Crippen LogP contribution < -0.4 is 14.5 Å². The highest BCUT2D eigenvalue weighted by atomic mass is 16.5. The first-order valence-corrected chi connectivity index (χ1v) is 16.5. The molecule has 4 heterocycles. The molecule has 6 nitrogen and oxygen atoms in total. The molecule has 0 aliphatic carbocycles. The second-order valence-electron chi connectivity index (χ2n) is 14.0. The normalized spacial score (nSPS) is 13.4. The van der Waals surface area contributed by atoms with Crippen molar-refractivity contribution in [2.45, 2.75) is 26.2 Å². The lowest BCUT2D eigenvalue weighted by Crippen LogP contribution is -2.24. The Morgan fingerprint density at radius 3 is 2.17 bits per heavy atom. The summed E-state index contributed by atoms with van der Waals surface area (Å²) in [4.78, 5) is 9.56. The largest absolute Gasteiger partial charge is 0.457 e.